The monoisotopic (exact) mass is 270 g/mol. The van der Waals surface area contributed by atoms with Crippen LogP contribution < -0.4 is 0 Å². The molecule has 0 heterocycles. The highest BCUT2D eigenvalue weighted by atomic mass is 127. The fourth-order valence-corrected chi connectivity index (χ4v) is 1.89. The topological polar surface area (TPSA) is 37.3 Å². The van der Waals surface area contributed by atoms with E-state index >= 15 is 0 Å². The number of aliphatic carboxylic acids is 1. The largest absolute Gasteiger partial charge is 0.481 e. The summed E-state index contributed by atoms with van der Waals surface area (Å²) in [6, 6.07) is 0. The zero-order valence-electron chi connectivity index (χ0n) is 7.22. The van der Waals surface area contributed by atoms with E-state index in [4.69, 9.17) is 5.11 Å². The van der Waals surface area contributed by atoms with Gasteiger partial charge in [0.2, 0.25) is 0 Å². The SMILES string of the molecule is CCC(I)CC(C)(C)C(=O)O. The molecule has 0 spiro atoms. The molecule has 0 fully saturated rings. The molecule has 0 saturated carbocycles. The van der Waals surface area contributed by atoms with Gasteiger partial charge in [0.15, 0.2) is 0 Å². The van der Waals surface area contributed by atoms with Gasteiger partial charge >= 0.3 is 5.97 Å². The van der Waals surface area contributed by atoms with E-state index in [0.717, 1.165) is 12.8 Å². The Hall–Kier alpha value is 0.200. The van der Waals surface area contributed by atoms with Crippen molar-refractivity contribution in [2.24, 2.45) is 5.41 Å². The fourth-order valence-electron chi connectivity index (χ4n) is 0.785. The Bertz CT molecular complexity index is 143. The lowest BCUT2D eigenvalue weighted by Crippen LogP contribution is -2.26. The molecular formula is C8H15IO2. The minimum Gasteiger partial charge on any atom is -0.481 e. The molecule has 2 nitrogen and oxygen atoms in total. The Morgan fingerprint density at radius 2 is 2.09 bits per heavy atom. The van der Waals surface area contributed by atoms with Crippen LogP contribution in [0.4, 0.5) is 0 Å². The maximum absolute atomic E-state index is 10.7. The molecule has 0 amide bonds. The molecule has 3 heteroatoms. The zero-order chi connectivity index (χ0) is 9.07. The van der Waals surface area contributed by atoms with E-state index in [9.17, 15) is 4.79 Å². The lowest BCUT2D eigenvalue weighted by molar-refractivity contribution is -0.147. The van der Waals surface area contributed by atoms with Crippen LogP contribution in [0.25, 0.3) is 0 Å². The van der Waals surface area contributed by atoms with Crippen molar-refractivity contribution in [2.45, 2.75) is 37.5 Å². The highest BCUT2D eigenvalue weighted by molar-refractivity contribution is 14.1. The van der Waals surface area contributed by atoms with Crippen LogP contribution in [0.15, 0.2) is 0 Å². The summed E-state index contributed by atoms with van der Waals surface area (Å²) in [7, 11) is 0. The Kier molecular flexibility index (Phi) is 4.36. The lowest BCUT2D eigenvalue weighted by atomic mass is 9.87. The number of halogens is 1. The van der Waals surface area contributed by atoms with Gasteiger partial charge in [0.05, 0.1) is 5.41 Å². The molecule has 11 heavy (non-hydrogen) atoms. The van der Waals surface area contributed by atoms with Gasteiger partial charge in [-0.2, -0.15) is 0 Å². The van der Waals surface area contributed by atoms with Crippen LogP contribution in [0.2, 0.25) is 0 Å². The predicted octanol–water partition coefficient (Wildman–Crippen LogP) is 2.70. The van der Waals surface area contributed by atoms with Gasteiger partial charge < -0.3 is 5.11 Å². The summed E-state index contributed by atoms with van der Waals surface area (Å²) >= 11 is 2.30. The minimum atomic E-state index is -0.701. The molecular weight excluding hydrogens is 255 g/mol. The van der Waals surface area contributed by atoms with Gasteiger partial charge in [-0.15, -0.1) is 0 Å². The van der Waals surface area contributed by atoms with E-state index in [1.54, 1.807) is 13.8 Å². The maximum Gasteiger partial charge on any atom is 0.309 e. The first-order valence-electron chi connectivity index (χ1n) is 3.77. The number of carboxylic acid groups (broad SMARTS) is 1. The molecule has 0 rings (SSSR count). The second kappa shape index (κ2) is 4.28. The molecule has 1 N–H and O–H groups in total. The molecule has 0 radical (unpaired) electrons. The van der Waals surface area contributed by atoms with Gasteiger partial charge in [-0.1, -0.05) is 29.5 Å². The second-order valence-electron chi connectivity index (χ2n) is 3.40. The average Bonchev–Trinajstić information content (AvgIpc) is 1.86. The molecule has 0 aromatic carbocycles. The third kappa shape index (κ3) is 3.94. The molecule has 0 aliphatic rings. The van der Waals surface area contributed by atoms with Gasteiger partial charge in [0.25, 0.3) is 0 Å². The minimum absolute atomic E-state index is 0.471. The first kappa shape index (κ1) is 11.2. The maximum atomic E-state index is 10.7. The number of rotatable bonds is 4. The number of hydrogen-bond donors (Lipinski definition) is 1. The highest BCUT2D eigenvalue weighted by Gasteiger charge is 2.28. The normalized spacial score (nSPS) is 14.5. The molecule has 0 aromatic rings. The standard InChI is InChI=1S/C8H15IO2/c1-4-6(9)5-8(2,3)7(10)11/h6H,4-5H2,1-3H3,(H,10,11). The van der Waals surface area contributed by atoms with Crippen LogP contribution in [0.5, 0.6) is 0 Å². The molecule has 1 unspecified atom stereocenters. The van der Waals surface area contributed by atoms with E-state index in [2.05, 4.69) is 29.5 Å². The smallest absolute Gasteiger partial charge is 0.309 e. The number of hydrogen-bond acceptors (Lipinski definition) is 1. The molecule has 1 atom stereocenters. The summed E-state index contributed by atoms with van der Waals surface area (Å²) in [5.74, 6) is -0.701. The van der Waals surface area contributed by atoms with Crippen molar-refractivity contribution in [1.29, 1.82) is 0 Å². The van der Waals surface area contributed by atoms with E-state index in [-0.39, 0.29) is 0 Å². The van der Waals surface area contributed by atoms with Crippen LogP contribution >= 0.6 is 22.6 Å². The van der Waals surface area contributed by atoms with Crippen LogP contribution in [0.3, 0.4) is 0 Å². The van der Waals surface area contributed by atoms with Crippen molar-refractivity contribution in [3.05, 3.63) is 0 Å². The van der Waals surface area contributed by atoms with Crippen molar-refractivity contribution in [1.82, 2.24) is 0 Å². The van der Waals surface area contributed by atoms with Crippen LogP contribution in [0, 0.1) is 5.41 Å². The summed E-state index contributed by atoms with van der Waals surface area (Å²) in [5.41, 5.74) is -0.568. The van der Waals surface area contributed by atoms with E-state index in [1.807, 2.05) is 0 Å². The third-order valence-electron chi connectivity index (χ3n) is 1.75. The van der Waals surface area contributed by atoms with Crippen molar-refractivity contribution < 1.29 is 9.90 Å². The lowest BCUT2D eigenvalue weighted by Gasteiger charge is -2.21. The molecule has 66 valence electrons. The molecule has 0 saturated heterocycles. The zero-order valence-corrected chi connectivity index (χ0v) is 9.38. The first-order chi connectivity index (χ1) is 4.90. The van der Waals surface area contributed by atoms with Crippen LogP contribution in [-0.4, -0.2) is 15.0 Å². The molecule has 0 aliphatic carbocycles. The van der Waals surface area contributed by atoms with Gasteiger partial charge in [0, 0.05) is 3.92 Å². The first-order valence-corrected chi connectivity index (χ1v) is 5.02. The van der Waals surface area contributed by atoms with Crippen LogP contribution in [0.1, 0.15) is 33.6 Å². The predicted molar refractivity (Wildman–Crippen MR) is 54.1 cm³/mol. The van der Waals surface area contributed by atoms with Crippen molar-refractivity contribution in [3.63, 3.8) is 0 Å². The highest BCUT2D eigenvalue weighted by Crippen LogP contribution is 2.27. The van der Waals surface area contributed by atoms with Gasteiger partial charge in [-0.05, 0) is 26.7 Å². The van der Waals surface area contributed by atoms with Crippen molar-refractivity contribution in [3.8, 4) is 0 Å². The quantitative estimate of drug-likeness (QED) is 0.630. The Labute approximate surface area is 81.5 Å². The molecule has 0 aromatic heterocycles. The summed E-state index contributed by atoms with van der Waals surface area (Å²) in [4.78, 5) is 10.7. The van der Waals surface area contributed by atoms with Gasteiger partial charge in [-0.3, -0.25) is 4.79 Å². The molecule has 0 bridgehead atoms. The van der Waals surface area contributed by atoms with Crippen LogP contribution in [-0.2, 0) is 4.79 Å². The van der Waals surface area contributed by atoms with E-state index in [0.29, 0.717) is 3.92 Å². The van der Waals surface area contributed by atoms with E-state index in [1.165, 1.54) is 0 Å². The van der Waals surface area contributed by atoms with E-state index < -0.39 is 11.4 Å². The summed E-state index contributed by atoms with van der Waals surface area (Å²) in [6.07, 6.45) is 1.79. The summed E-state index contributed by atoms with van der Waals surface area (Å²) in [6.45, 7) is 5.63. The summed E-state index contributed by atoms with van der Waals surface area (Å²) in [5, 5.41) is 8.78. The van der Waals surface area contributed by atoms with Crippen molar-refractivity contribution >= 4 is 28.6 Å². The average molecular weight is 270 g/mol. The van der Waals surface area contributed by atoms with Gasteiger partial charge in [0.1, 0.15) is 0 Å². The third-order valence-corrected chi connectivity index (χ3v) is 3.07. The number of alkyl halides is 1. The fraction of sp³-hybridized carbons (Fsp3) is 0.875. The van der Waals surface area contributed by atoms with Crippen molar-refractivity contribution in [2.75, 3.05) is 0 Å². The number of carboxylic acids is 1. The van der Waals surface area contributed by atoms with Gasteiger partial charge in [-0.25, -0.2) is 0 Å². The Morgan fingerprint density at radius 3 is 2.36 bits per heavy atom. The molecule has 0 aliphatic heterocycles. The second-order valence-corrected chi connectivity index (χ2v) is 5.16. The summed E-state index contributed by atoms with van der Waals surface area (Å²) < 4.78 is 0.471. The number of carbonyl (C=O) groups is 1. The Balaban J connectivity index is 4.01. The Morgan fingerprint density at radius 1 is 1.64 bits per heavy atom.